The first-order valence-electron chi connectivity index (χ1n) is 10.7. The normalized spacial score (nSPS) is 23.7. The van der Waals surface area contributed by atoms with Crippen LogP contribution in [0.4, 0.5) is 15.8 Å². The first-order valence-corrected chi connectivity index (χ1v) is 10.7. The molecule has 1 spiro atoms. The van der Waals surface area contributed by atoms with E-state index in [-0.39, 0.29) is 34.9 Å². The molecule has 2 aliphatic heterocycles. The summed E-state index contributed by atoms with van der Waals surface area (Å²) < 4.78 is 15.0. The third kappa shape index (κ3) is 2.58. The second kappa shape index (κ2) is 6.79. The second-order valence-corrected chi connectivity index (χ2v) is 9.55. The molecule has 0 radical (unpaired) electrons. The van der Waals surface area contributed by atoms with Crippen molar-refractivity contribution in [2.45, 2.75) is 32.1 Å². The van der Waals surface area contributed by atoms with Gasteiger partial charge in [-0.2, -0.15) is 5.26 Å². The van der Waals surface area contributed by atoms with Crippen LogP contribution < -0.4 is 15.5 Å². The molecule has 2 N–H and O–H groups in total. The van der Waals surface area contributed by atoms with E-state index in [0.29, 0.717) is 23.4 Å². The number of anilines is 2. The molecule has 6 nitrogen and oxygen atoms in total. The number of likely N-dealkylation sites (N-methyl/N-ethyl adjacent to an activating group) is 1. The standard InChI is InChI=1S/C26H23FN4O2/c1-25(2)12-20-22(21(32)13-25)26(15-8-4-6-10-18(15)30(3)24(26)33)16(14-28)23(29)31(20)19-11-7-5-9-17(19)27/h4-11H,12-13,29H2,1-3H3/t26-/m1/s1. The molecule has 0 unspecified atom stereocenters. The number of halogens is 1. The second-order valence-electron chi connectivity index (χ2n) is 9.55. The number of nitrogens with zero attached hydrogens (tertiary/aromatic N) is 3. The Morgan fingerprint density at radius 1 is 1.03 bits per heavy atom. The van der Waals surface area contributed by atoms with Crippen LogP contribution in [0.3, 0.4) is 0 Å². The first kappa shape index (κ1) is 21.0. The Morgan fingerprint density at radius 2 is 1.67 bits per heavy atom. The molecule has 0 saturated carbocycles. The number of hydrogen-bond donors (Lipinski definition) is 1. The Bertz CT molecular complexity index is 1350. The van der Waals surface area contributed by atoms with Crippen LogP contribution in [0.5, 0.6) is 0 Å². The molecule has 33 heavy (non-hydrogen) atoms. The lowest BCUT2D eigenvalue weighted by Crippen LogP contribution is -2.53. The number of fused-ring (bicyclic) bond motifs is 3. The van der Waals surface area contributed by atoms with Gasteiger partial charge in [0.05, 0.1) is 11.3 Å². The Balaban J connectivity index is 1.94. The van der Waals surface area contributed by atoms with Crippen LogP contribution in [0.15, 0.2) is 71.2 Å². The van der Waals surface area contributed by atoms with Gasteiger partial charge in [0.1, 0.15) is 23.1 Å². The molecule has 166 valence electrons. The number of amides is 1. The summed E-state index contributed by atoms with van der Waals surface area (Å²) in [6, 6.07) is 15.3. The van der Waals surface area contributed by atoms with Crippen LogP contribution in [0.1, 0.15) is 32.3 Å². The van der Waals surface area contributed by atoms with Crippen LogP contribution in [0.25, 0.3) is 0 Å². The molecular formula is C26H23FN4O2. The number of benzene rings is 2. The zero-order valence-corrected chi connectivity index (χ0v) is 18.6. The van der Waals surface area contributed by atoms with Crippen LogP contribution in [-0.4, -0.2) is 18.7 Å². The van der Waals surface area contributed by atoms with E-state index in [2.05, 4.69) is 6.07 Å². The van der Waals surface area contributed by atoms with Crippen LogP contribution >= 0.6 is 0 Å². The van der Waals surface area contributed by atoms with Gasteiger partial charge in [-0.15, -0.1) is 0 Å². The predicted molar refractivity (Wildman–Crippen MR) is 122 cm³/mol. The summed E-state index contributed by atoms with van der Waals surface area (Å²) in [5.74, 6) is -1.21. The molecule has 7 heteroatoms. The van der Waals surface area contributed by atoms with Gasteiger partial charge >= 0.3 is 0 Å². The van der Waals surface area contributed by atoms with Crippen LogP contribution in [0.2, 0.25) is 0 Å². The highest BCUT2D eigenvalue weighted by Crippen LogP contribution is 2.58. The van der Waals surface area contributed by atoms with E-state index in [1.807, 2.05) is 13.8 Å². The van der Waals surface area contributed by atoms with Gasteiger partial charge in [0.25, 0.3) is 0 Å². The van der Waals surface area contributed by atoms with Crippen molar-refractivity contribution in [1.82, 2.24) is 0 Å². The van der Waals surface area contributed by atoms with Gasteiger partial charge < -0.3 is 10.6 Å². The molecule has 0 bridgehead atoms. The Hall–Kier alpha value is -3.92. The van der Waals surface area contributed by atoms with E-state index in [0.717, 1.165) is 0 Å². The maximum absolute atomic E-state index is 15.0. The predicted octanol–water partition coefficient (Wildman–Crippen LogP) is 3.90. The smallest absolute Gasteiger partial charge is 0.247 e. The average molecular weight is 442 g/mol. The molecule has 5 rings (SSSR count). The highest BCUT2D eigenvalue weighted by atomic mass is 19.1. The number of ketones is 1. The summed E-state index contributed by atoms with van der Waals surface area (Å²) in [5, 5.41) is 10.3. The summed E-state index contributed by atoms with van der Waals surface area (Å²) >= 11 is 0. The van der Waals surface area contributed by atoms with Gasteiger partial charge in [-0.05, 0) is 30.0 Å². The molecule has 1 atom stereocenters. The number of carbonyl (C=O) groups excluding carboxylic acids is 2. The van der Waals surface area contributed by atoms with Crippen molar-refractivity contribution in [1.29, 1.82) is 5.26 Å². The van der Waals surface area contributed by atoms with E-state index in [4.69, 9.17) is 5.73 Å². The van der Waals surface area contributed by atoms with Crippen molar-refractivity contribution in [3.8, 4) is 6.07 Å². The summed E-state index contributed by atoms with van der Waals surface area (Å²) in [5.41, 5.74) is 6.46. The topological polar surface area (TPSA) is 90.4 Å². The van der Waals surface area contributed by atoms with Gasteiger partial charge in [0, 0.05) is 36.0 Å². The number of rotatable bonds is 1. The lowest BCUT2D eigenvalue weighted by Gasteiger charge is -2.46. The van der Waals surface area contributed by atoms with E-state index < -0.39 is 22.6 Å². The fourth-order valence-electron chi connectivity index (χ4n) is 5.57. The molecule has 2 aromatic rings. The van der Waals surface area contributed by atoms with Crippen molar-refractivity contribution in [2.75, 3.05) is 16.8 Å². The molecule has 0 fully saturated rings. The SMILES string of the molecule is CN1C(=O)[C@@]2(C(C#N)=C(N)N(c3ccccc3F)C3=C2C(=O)CC(C)(C)C3)c2ccccc21. The minimum atomic E-state index is -1.64. The molecule has 0 saturated heterocycles. The maximum atomic E-state index is 15.0. The number of carbonyl (C=O) groups is 2. The quantitative estimate of drug-likeness (QED) is 0.724. The molecular weight excluding hydrogens is 419 g/mol. The summed E-state index contributed by atoms with van der Waals surface area (Å²) in [6.07, 6.45) is 0.596. The zero-order valence-electron chi connectivity index (χ0n) is 18.6. The van der Waals surface area contributed by atoms with Gasteiger partial charge in [-0.3, -0.25) is 14.5 Å². The highest BCUT2D eigenvalue weighted by molar-refractivity contribution is 6.20. The summed E-state index contributed by atoms with van der Waals surface area (Å²) in [6.45, 7) is 3.91. The molecule has 1 aliphatic carbocycles. The Morgan fingerprint density at radius 3 is 2.33 bits per heavy atom. The van der Waals surface area contributed by atoms with Gasteiger partial charge in [0.15, 0.2) is 5.78 Å². The number of nitrogens with two attached hydrogens (primary N) is 1. The number of para-hydroxylation sites is 2. The minimum Gasteiger partial charge on any atom is -0.384 e. The first-order chi connectivity index (χ1) is 15.6. The van der Waals surface area contributed by atoms with Crippen LogP contribution in [-0.2, 0) is 15.0 Å². The molecule has 0 aromatic heterocycles. The van der Waals surface area contributed by atoms with E-state index in [1.165, 1.54) is 15.9 Å². The molecule has 2 aromatic carbocycles. The minimum absolute atomic E-state index is 0.0368. The van der Waals surface area contributed by atoms with E-state index in [9.17, 15) is 19.2 Å². The molecule has 1 amide bonds. The van der Waals surface area contributed by atoms with Gasteiger partial charge in [-0.1, -0.05) is 44.2 Å². The lowest BCUT2D eigenvalue weighted by atomic mass is 9.60. The monoisotopic (exact) mass is 442 g/mol. The average Bonchev–Trinajstić information content (AvgIpc) is 2.97. The molecule has 3 aliphatic rings. The van der Waals surface area contributed by atoms with Crippen LogP contribution in [0, 0.1) is 22.6 Å². The fraction of sp³-hybridized carbons (Fsp3) is 0.269. The van der Waals surface area contributed by atoms with Gasteiger partial charge in [0.2, 0.25) is 5.91 Å². The zero-order chi connectivity index (χ0) is 23.7. The molecule has 2 heterocycles. The third-order valence-corrected chi connectivity index (χ3v) is 6.87. The Kier molecular flexibility index (Phi) is 4.31. The largest absolute Gasteiger partial charge is 0.384 e. The van der Waals surface area contributed by atoms with Crippen molar-refractivity contribution < 1.29 is 14.0 Å². The van der Waals surface area contributed by atoms with E-state index >= 15 is 0 Å². The number of Topliss-reactive ketones (excluding diaryl/α,β-unsaturated/α-hetero) is 1. The van der Waals surface area contributed by atoms with Crippen molar-refractivity contribution in [3.63, 3.8) is 0 Å². The van der Waals surface area contributed by atoms with Crippen molar-refractivity contribution >= 4 is 23.1 Å². The third-order valence-electron chi connectivity index (χ3n) is 6.87. The Labute approximate surface area is 191 Å². The van der Waals surface area contributed by atoms with Gasteiger partial charge in [-0.25, -0.2) is 4.39 Å². The maximum Gasteiger partial charge on any atom is 0.247 e. The lowest BCUT2D eigenvalue weighted by molar-refractivity contribution is -0.124. The van der Waals surface area contributed by atoms with Crippen molar-refractivity contribution in [2.24, 2.45) is 11.1 Å². The van der Waals surface area contributed by atoms with Crippen molar-refractivity contribution in [3.05, 3.63) is 82.6 Å². The fourth-order valence-corrected chi connectivity index (χ4v) is 5.57. The number of hydrogen-bond acceptors (Lipinski definition) is 5. The van der Waals surface area contributed by atoms with E-state index in [1.54, 1.807) is 49.5 Å². The summed E-state index contributed by atoms with van der Waals surface area (Å²) in [7, 11) is 1.63. The summed E-state index contributed by atoms with van der Waals surface area (Å²) in [4.78, 5) is 30.6. The highest BCUT2D eigenvalue weighted by Gasteiger charge is 2.62. The number of nitriles is 1. The number of allylic oxidation sites excluding steroid dienone is 1.